The van der Waals surface area contributed by atoms with Crippen molar-refractivity contribution in [2.45, 2.75) is 6.18 Å². The Bertz CT molecular complexity index is 707. The van der Waals surface area contributed by atoms with E-state index in [9.17, 15) is 26.7 Å². The molecule has 110 valence electrons. The van der Waals surface area contributed by atoms with Crippen LogP contribution in [0.5, 0.6) is 0 Å². The van der Waals surface area contributed by atoms with Gasteiger partial charge in [-0.2, -0.15) is 13.2 Å². The van der Waals surface area contributed by atoms with E-state index in [2.05, 4.69) is 0 Å². The minimum absolute atomic E-state index is 0.196. The van der Waals surface area contributed by atoms with Crippen LogP contribution >= 0.6 is 0 Å². The van der Waals surface area contributed by atoms with Gasteiger partial charge in [-0.15, -0.1) is 0 Å². The molecule has 21 heavy (non-hydrogen) atoms. The van der Waals surface area contributed by atoms with Gasteiger partial charge in [-0.05, 0) is 29.8 Å². The summed E-state index contributed by atoms with van der Waals surface area (Å²) >= 11 is 0. The van der Waals surface area contributed by atoms with Gasteiger partial charge >= 0.3 is 12.1 Å². The highest BCUT2D eigenvalue weighted by atomic mass is 19.4. The molecule has 0 aliphatic heterocycles. The average molecular weight is 302 g/mol. The lowest BCUT2D eigenvalue weighted by atomic mass is 10.0. The third-order valence-corrected chi connectivity index (χ3v) is 2.79. The van der Waals surface area contributed by atoms with Gasteiger partial charge in [0.1, 0.15) is 11.6 Å². The second-order valence-electron chi connectivity index (χ2n) is 4.20. The Balaban J connectivity index is 2.58. The normalized spacial score (nSPS) is 11.5. The Morgan fingerprint density at radius 2 is 1.67 bits per heavy atom. The predicted molar refractivity (Wildman–Crippen MR) is 63.8 cm³/mol. The minimum atomic E-state index is -4.62. The Labute approximate surface area is 115 Å². The van der Waals surface area contributed by atoms with Gasteiger partial charge in [0.05, 0.1) is 11.1 Å². The van der Waals surface area contributed by atoms with Crippen molar-refractivity contribution in [2.75, 3.05) is 0 Å². The smallest absolute Gasteiger partial charge is 0.416 e. The molecule has 0 amide bonds. The van der Waals surface area contributed by atoms with Crippen molar-refractivity contribution in [1.82, 2.24) is 0 Å². The number of alkyl halides is 3. The Morgan fingerprint density at radius 3 is 2.24 bits per heavy atom. The summed E-state index contributed by atoms with van der Waals surface area (Å²) in [6.45, 7) is 0. The monoisotopic (exact) mass is 302 g/mol. The Hall–Kier alpha value is -2.44. The largest absolute Gasteiger partial charge is 0.478 e. The topological polar surface area (TPSA) is 37.3 Å². The van der Waals surface area contributed by atoms with Gasteiger partial charge in [-0.3, -0.25) is 0 Å². The van der Waals surface area contributed by atoms with Crippen LogP contribution in [0.4, 0.5) is 22.0 Å². The molecule has 0 aliphatic rings. The fraction of sp³-hybridized carbons (Fsp3) is 0.0714. The lowest BCUT2D eigenvalue weighted by molar-refractivity contribution is -0.137. The van der Waals surface area contributed by atoms with Crippen molar-refractivity contribution in [3.05, 3.63) is 59.2 Å². The molecule has 0 radical (unpaired) electrons. The van der Waals surface area contributed by atoms with Crippen molar-refractivity contribution < 1.29 is 31.9 Å². The van der Waals surface area contributed by atoms with E-state index < -0.39 is 40.5 Å². The zero-order valence-corrected chi connectivity index (χ0v) is 10.2. The maximum atomic E-state index is 13.8. The standard InChI is InChI=1S/C14H7F5O2/c15-11-6-10(13(20)21)12(16)5-9(11)7-2-1-3-8(4-7)14(17,18)19/h1-6H,(H,20,21). The van der Waals surface area contributed by atoms with Gasteiger partial charge in [-0.25, -0.2) is 13.6 Å². The van der Waals surface area contributed by atoms with Crippen LogP contribution < -0.4 is 0 Å². The van der Waals surface area contributed by atoms with Crippen molar-refractivity contribution in [3.8, 4) is 11.1 Å². The van der Waals surface area contributed by atoms with E-state index in [1.807, 2.05) is 0 Å². The molecular weight excluding hydrogens is 295 g/mol. The number of halogens is 5. The van der Waals surface area contributed by atoms with Gasteiger partial charge in [0.25, 0.3) is 0 Å². The van der Waals surface area contributed by atoms with Crippen molar-refractivity contribution in [2.24, 2.45) is 0 Å². The molecule has 2 aromatic carbocycles. The minimum Gasteiger partial charge on any atom is -0.478 e. The lowest BCUT2D eigenvalue weighted by Gasteiger charge is -2.10. The molecule has 7 heteroatoms. The average Bonchev–Trinajstić information content (AvgIpc) is 2.40. The van der Waals surface area contributed by atoms with E-state index in [-0.39, 0.29) is 5.56 Å². The fourth-order valence-corrected chi connectivity index (χ4v) is 1.80. The van der Waals surface area contributed by atoms with Gasteiger partial charge < -0.3 is 5.11 Å². The van der Waals surface area contributed by atoms with Gasteiger partial charge in [0.2, 0.25) is 0 Å². The van der Waals surface area contributed by atoms with E-state index in [1.165, 1.54) is 6.07 Å². The fourth-order valence-electron chi connectivity index (χ4n) is 1.80. The number of aromatic carboxylic acids is 1. The first-order chi connectivity index (χ1) is 9.70. The number of benzene rings is 2. The lowest BCUT2D eigenvalue weighted by Crippen LogP contribution is -2.05. The number of carbonyl (C=O) groups is 1. The summed E-state index contributed by atoms with van der Waals surface area (Å²) in [7, 11) is 0. The zero-order valence-electron chi connectivity index (χ0n) is 10.2. The van der Waals surface area contributed by atoms with Crippen LogP contribution in [-0.2, 0) is 6.18 Å². The van der Waals surface area contributed by atoms with E-state index in [4.69, 9.17) is 5.11 Å². The molecule has 2 aromatic rings. The van der Waals surface area contributed by atoms with E-state index >= 15 is 0 Å². The molecule has 0 bridgehead atoms. The quantitative estimate of drug-likeness (QED) is 0.837. The molecule has 2 rings (SSSR count). The van der Waals surface area contributed by atoms with Crippen LogP contribution in [0.15, 0.2) is 36.4 Å². The summed E-state index contributed by atoms with van der Waals surface area (Å²) in [6.07, 6.45) is -4.62. The molecule has 0 saturated heterocycles. The first-order valence-electron chi connectivity index (χ1n) is 5.60. The predicted octanol–water partition coefficient (Wildman–Crippen LogP) is 4.35. The molecule has 0 unspecified atom stereocenters. The maximum absolute atomic E-state index is 13.8. The highest BCUT2D eigenvalue weighted by Crippen LogP contribution is 2.33. The second kappa shape index (κ2) is 5.16. The molecule has 0 atom stereocenters. The van der Waals surface area contributed by atoms with Crippen LogP contribution in [-0.4, -0.2) is 11.1 Å². The summed E-state index contributed by atoms with van der Waals surface area (Å²) in [6, 6.07) is 4.69. The van der Waals surface area contributed by atoms with E-state index in [1.54, 1.807) is 0 Å². The Kier molecular flexibility index (Phi) is 3.67. The first-order valence-corrected chi connectivity index (χ1v) is 5.60. The number of hydrogen-bond donors (Lipinski definition) is 1. The van der Waals surface area contributed by atoms with Crippen LogP contribution in [0.3, 0.4) is 0 Å². The van der Waals surface area contributed by atoms with Crippen LogP contribution in [0.25, 0.3) is 11.1 Å². The molecule has 0 spiro atoms. The van der Waals surface area contributed by atoms with Crippen molar-refractivity contribution >= 4 is 5.97 Å². The molecule has 1 N–H and O–H groups in total. The molecule has 0 fully saturated rings. The summed E-state index contributed by atoms with van der Waals surface area (Å²) in [5.74, 6) is -4.01. The summed E-state index contributed by atoms with van der Waals surface area (Å²) in [5.41, 5.74) is -2.54. The van der Waals surface area contributed by atoms with Crippen LogP contribution in [0.1, 0.15) is 15.9 Å². The van der Waals surface area contributed by atoms with Crippen molar-refractivity contribution in [3.63, 3.8) is 0 Å². The van der Waals surface area contributed by atoms with Crippen LogP contribution in [0, 0.1) is 11.6 Å². The molecule has 0 aliphatic carbocycles. The van der Waals surface area contributed by atoms with E-state index in [0.29, 0.717) is 18.2 Å². The summed E-state index contributed by atoms with van der Waals surface area (Å²) < 4.78 is 65.1. The summed E-state index contributed by atoms with van der Waals surface area (Å²) in [5, 5.41) is 8.65. The highest BCUT2D eigenvalue weighted by Gasteiger charge is 2.30. The summed E-state index contributed by atoms with van der Waals surface area (Å²) in [4.78, 5) is 10.7. The van der Waals surface area contributed by atoms with Gasteiger partial charge in [0, 0.05) is 5.56 Å². The van der Waals surface area contributed by atoms with E-state index in [0.717, 1.165) is 12.1 Å². The third-order valence-electron chi connectivity index (χ3n) is 2.79. The van der Waals surface area contributed by atoms with Crippen LogP contribution in [0.2, 0.25) is 0 Å². The molecular formula is C14H7F5O2. The SMILES string of the molecule is O=C(O)c1cc(F)c(-c2cccc(C(F)(F)F)c2)cc1F. The van der Waals surface area contributed by atoms with Crippen molar-refractivity contribution in [1.29, 1.82) is 0 Å². The number of hydrogen-bond acceptors (Lipinski definition) is 1. The number of rotatable bonds is 2. The first kappa shape index (κ1) is 15.0. The Morgan fingerprint density at radius 1 is 1.00 bits per heavy atom. The molecule has 0 heterocycles. The van der Waals surface area contributed by atoms with Gasteiger partial charge in [-0.1, -0.05) is 12.1 Å². The molecule has 0 aromatic heterocycles. The molecule has 2 nitrogen and oxygen atoms in total. The zero-order chi connectivity index (χ0) is 15.8. The van der Waals surface area contributed by atoms with Gasteiger partial charge in [0.15, 0.2) is 0 Å². The highest BCUT2D eigenvalue weighted by molar-refractivity contribution is 5.88. The third kappa shape index (κ3) is 3.01. The second-order valence-corrected chi connectivity index (χ2v) is 4.20. The maximum Gasteiger partial charge on any atom is 0.416 e. The number of carboxylic acid groups (broad SMARTS) is 1. The number of carboxylic acids is 1. The molecule has 0 saturated carbocycles.